The van der Waals surface area contributed by atoms with Crippen LogP contribution in [-0.2, 0) is 28.0 Å². The molecule has 0 radical (unpaired) electrons. The van der Waals surface area contributed by atoms with Crippen LogP contribution < -0.4 is 10.1 Å². The monoisotopic (exact) mass is 624 g/mol. The van der Waals surface area contributed by atoms with Gasteiger partial charge in [0.15, 0.2) is 6.61 Å². The van der Waals surface area contributed by atoms with Crippen LogP contribution in [0, 0.1) is 0 Å². The van der Waals surface area contributed by atoms with Gasteiger partial charge in [0.05, 0.1) is 4.47 Å². The minimum atomic E-state index is -0.720. The number of benzene rings is 3. The number of amides is 2. The Bertz CT molecular complexity index is 1300. The van der Waals surface area contributed by atoms with E-state index in [4.69, 9.17) is 16.3 Å². The van der Waals surface area contributed by atoms with Crippen molar-refractivity contribution in [1.29, 1.82) is 0 Å². The second-order valence-electron chi connectivity index (χ2n) is 11.5. The molecule has 1 fully saturated rings. The summed E-state index contributed by atoms with van der Waals surface area (Å²) in [7, 11) is 0. The molecule has 212 valence electrons. The molecule has 3 aromatic carbocycles. The van der Waals surface area contributed by atoms with Crippen LogP contribution in [0.3, 0.4) is 0 Å². The van der Waals surface area contributed by atoms with Crippen LogP contribution in [0.15, 0.2) is 77.3 Å². The Hall–Kier alpha value is -2.83. The van der Waals surface area contributed by atoms with E-state index in [1.165, 1.54) is 0 Å². The fraction of sp³-hybridized carbons (Fsp3) is 0.394. The van der Waals surface area contributed by atoms with Gasteiger partial charge in [-0.05, 0) is 69.1 Å². The molecule has 0 heterocycles. The van der Waals surface area contributed by atoms with Crippen molar-refractivity contribution in [2.24, 2.45) is 0 Å². The largest absolute Gasteiger partial charge is 0.483 e. The molecule has 1 atom stereocenters. The first-order valence-electron chi connectivity index (χ1n) is 13.9. The maximum Gasteiger partial charge on any atom is 0.261 e. The zero-order chi connectivity index (χ0) is 28.7. The van der Waals surface area contributed by atoms with E-state index in [1.807, 2.05) is 66.7 Å². The zero-order valence-electron chi connectivity index (χ0n) is 23.5. The predicted octanol–water partition coefficient (Wildman–Crippen LogP) is 7.48. The Balaban J connectivity index is 1.62. The van der Waals surface area contributed by atoms with Gasteiger partial charge in [0.2, 0.25) is 5.91 Å². The van der Waals surface area contributed by atoms with Crippen LogP contribution in [0.2, 0.25) is 5.02 Å². The lowest BCUT2D eigenvalue weighted by atomic mass is 9.87. The molecule has 1 aliphatic rings. The summed E-state index contributed by atoms with van der Waals surface area (Å²) in [5.74, 6) is 0.148. The van der Waals surface area contributed by atoms with E-state index in [-0.39, 0.29) is 36.4 Å². The minimum absolute atomic E-state index is 0.0139. The summed E-state index contributed by atoms with van der Waals surface area (Å²) in [5, 5.41) is 3.78. The third kappa shape index (κ3) is 8.11. The number of carbonyl (C=O) groups excluding carboxylic acids is 2. The highest BCUT2D eigenvalue weighted by molar-refractivity contribution is 9.10. The van der Waals surface area contributed by atoms with Crippen molar-refractivity contribution in [2.45, 2.75) is 76.9 Å². The zero-order valence-corrected chi connectivity index (χ0v) is 25.8. The second kappa shape index (κ2) is 13.7. The van der Waals surface area contributed by atoms with Crippen molar-refractivity contribution in [3.8, 4) is 5.75 Å². The van der Waals surface area contributed by atoms with Crippen molar-refractivity contribution >= 4 is 39.3 Å². The number of carbonyl (C=O) groups is 2. The molecule has 0 spiro atoms. The van der Waals surface area contributed by atoms with Crippen molar-refractivity contribution in [1.82, 2.24) is 10.2 Å². The van der Waals surface area contributed by atoms with Crippen LogP contribution in [0.5, 0.6) is 5.75 Å². The molecule has 5 nitrogen and oxygen atoms in total. The Morgan fingerprint density at radius 2 is 1.70 bits per heavy atom. The van der Waals surface area contributed by atoms with Crippen molar-refractivity contribution in [2.75, 3.05) is 6.61 Å². The van der Waals surface area contributed by atoms with Crippen molar-refractivity contribution in [3.63, 3.8) is 0 Å². The number of hydrogen-bond donors (Lipinski definition) is 1. The molecule has 0 aliphatic heterocycles. The molecule has 3 aromatic rings. The maximum atomic E-state index is 13.9. The van der Waals surface area contributed by atoms with Gasteiger partial charge in [-0.2, -0.15) is 0 Å². The van der Waals surface area contributed by atoms with Gasteiger partial charge in [0.1, 0.15) is 11.8 Å². The van der Waals surface area contributed by atoms with E-state index < -0.39 is 6.04 Å². The molecule has 0 aromatic heterocycles. The quantitative estimate of drug-likeness (QED) is 0.254. The molecule has 7 heteroatoms. The molecule has 0 saturated heterocycles. The average molecular weight is 626 g/mol. The van der Waals surface area contributed by atoms with E-state index in [1.54, 1.807) is 11.0 Å². The molecule has 4 rings (SSSR count). The first-order chi connectivity index (χ1) is 19.1. The average Bonchev–Trinajstić information content (AvgIpc) is 3.43. The lowest BCUT2D eigenvalue weighted by Gasteiger charge is -2.32. The predicted molar refractivity (Wildman–Crippen MR) is 165 cm³/mol. The van der Waals surface area contributed by atoms with E-state index in [9.17, 15) is 9.59 Å². The Morgan fingerprint density at radius 3 is 2.35 bits per heavy atom. The first-order valence-corrected chi connectivity index (χ1v) is 15.1. The molecule has 1 N–H and O–H groups in total. The molecule has 1 unspecified atom stereocenters. The van der Waals surface area contributed by atoms with Crippen LogP contribution in [-0.4, -0.2) is 35.4 Å². The number of halogens is 2. The normalized spacial score (nSPS) is 14.5. The first kappa shape index (κ1) is 30.1. The van der Waals surface area contributed by atoms with Gasteiger partial charge in [-0.3, -0.25) is 9.59 Å². The van der Waals surface area contributed by atoms with Crippen LogP contribution in [0.25, 0.3) is 0 Å². The summed E-state index contributed by atoms with van der Waals surface area (Å²) in [4.78, 5) is 29.3. The summed E-state index contributed by atoms with van der Waals surface area (Å²) in [5.41, 5.74) is 2.90. The molecule has 1 aliphatic carbocycles. The van der Waals surface area contributed by atoms with E-state index in [2.05, 4.69) is 42.0 Å². The summed E-state index contributed by atoms with van der Waals surface area (Å²) < 4.78 is 6.81. The van der Waals surface area contributed by atoms with Gasteiger partial charge < -0.3 is 15.0 Å². The molecular weight excluding hydrogens is 588 g/mol. The fourth-order valence-electron chi connectivity index (χ4n) is 5.04. The number of hydrogen-bond acceptors (Lipinski definition) is 3. The third-order valence-corrected chi connectivity index (χ3v) is 8.41. The van der Waals surface area contributed by atoms with Gasteiger partial charge in [-0.25, -0.2) is 0 Å². The highest BCUT2D eigenvalue weighted by atomic mass is 79.9. The minimum Gasteiger partial charge on any atom is -0.483 e. The van der Waals surface area contributed by atoms with Crippen LogP contribution >= 0.6 is 27.5 Å². The highest BCUT2D eigenvalue weighted by Crippen LogP contribution is 2.32. The molecule has 0 bridgehead atoms. The Labute approximate surface area is 251 Å². The smallest absolute Gasteiger partial charge is 0.261 e. The van der Waals surface area contributed by atoms with E-state index in [0.29, 0.717) is 17.2 Å². The van der Waals surface area contributed by atoms with Gasteiger partial charge in [-0.1, -0.05) is 99.8 Å². The summed E-state index contributed by atoms with van der Waals surface area (Å²) >= 11 is 10.1. The highest BCUT2D eigenvalue weighted by Gasteiger charge is 2.33. The molecule has 1 saturated carbocycles. The lowest BCUT2D eigenvalue weighted by Crippen LogP contribution is -2.53. The standard InChI is InChI=1S/C33H38BrClN2O3/c1-33(2,3)25-17-18-30(27(34)20-25)40-22-31(38)37(21-24-13-7-10-16-28(24)35)29(19-23-11-5-4-6-12-23)32(39)36-26-14-8-9-15-26/h4-7,10-13,16-18,20,26,29H,8-9,14-15,19,21-22H2,1-3H3,(H,36,39). The molecule has 40 heavy (non-hydrogen) atoms. The van der Waals surface area contributed by atoms with E-state index in [0.717, 1.165) is 46.8 Å². The maximum absolute atomic E-state index is 13.9. The molecular formula is C33H38BrClN2O3. The number of ether oxygens (including phenoxy) is 1. The van der Waals surface area contributed by atoms with Crippen LogP contribution in [0.1, 0.15) is 63.1 Å². The van der Waals surface area contributed by atoms with E-state index >= 15 is 0 Å². The fourth-order valence-corrected chi connectivity index (χ4v) is 5.73. The van der Waals surface area contributed by atoms with Gasteiger partial charge in [-0.15, -0.1) is 0 Å². The van der Waals surface area contributed by atoms with Crippen LogP contribution in [0.4, 0.5) is 0 Å². The number of rotatable bonds is 10. The third-order valence-electron chi connectivity index (χ3n) is 7.42. The van der Waals surface area contributed by atoms with Gasteiger partial charge in [0.25, 0.3) is 5.91 Å². The molecule has 2 amide bonds. The summed E-state index contributed by atoms with van der Waals surface area (Å²) in [6.45, 7) is 6.43. The Kier molecular flexibility index (Phi) is 10.3. The Morgan fingerprint density at radius 1 is 1.02 bits per heavy atom. The number of nitrogens with zero attached hydrogens (tertiary/aromatic N) is 1. The SMILES string of the molecule is CC(C)(C)c1ccc(OCC(=O)N(Cc2ccccc2Cl)C(Cc2ccccc2)C(=O)NC2CCCC2)c(Br)c1. The van der Waals surface area contributed by atoms with Crippen molar-refractivity contribution in [3.05, 3.63) is 99.0 Å². The van der Waals surface area contributed by atoms with Gasteiger partial charge >= 0.3 is 0 Å². The lowest BCUT2D eigenvalue weighted by molar-refractivity contribution is -0.143. The summed E-state index contributed by atoms with van der Waals surface area (Å²) in [6, 6.07) is 22.6. The summed E-state index contributed by atoms with van der Waals surface area (Å²) in [6.07, 6.45) is 4.52. The van der Waals surface area contributed by atoms with Crippen molar-refractivity contribution < 1.29 is 14.3 Å². The van der Waals surface area contributed by atoms with Gasteiger partial charge in [0, 0.05) is 24.0 Å². The second-order valence-corrected chi connectivity index (χ2v) is 12.8. The topological polar surface area (TPSA) is 58.6 Å². The number of nitrogens with one attached hydrogen (secondary N) is 1.